The molecular weight excluding hydrogens is 554 g/mol. The first-order chi connectivity index (χ1) is 15.8. The predicted octanol–water partition coefficient (Wildman–Crippen LogP) is -4.15. The van der Waals surface area contributed by atoms with E-state index in [4.69, 9.17) is 27.9 Å². The van der Waals surface area contributed by atoms with Gasteiger partial charge >= 0.3 is 37.1 Å². The van der Waals surface area contributed by atoms with E-state index >= 15 is 0 Å². The SMILES string of the molecule is CC1OC(C(=O)O)[C@H](O[C@@H]2OC(COS(=O)(=O)O)C[C@H](O)C2NS(=O)(=O)O)[C@H](O)C1OS(=O)(=O)O. The van der Waals surface area contributed by atoms with Gasteiger partial charge in [-0.05, 0) is 6.92 Å². The Hall–Kier alpha value is -1.12. The maximum atomic E-state index is 11.7. The molecule has 0 radical (unpaired) electrons. The lowest BCUT2D eigenvalue weighted by Crippen LogP contribution is -2.65. The van der Waals surface area contributed by atoms with Crippen LogP contribution in [0.1, 0.15) is 13.3 Å². The smallest absolute Gasteiger partial charge is 0.397 e. The van der Waals surface area contributed by atoms with Gasteiger partial charge in [0.15, 0.2) is 12.4 Å². The first-order valence-corrected chi connectivity index (χ1v) is 13.5. The number of carboxylic acids is 1. The number of nitrogens with one attached hydrogen (secondary N) is 1. The molecule has 22 heteroatoms. The van der Waals surface area contributed by atoms with E-state index in [2.05, 4.69) is 8.37 Å². The van der Waals surface area contributed by atoms with Crippen LogP contribution < -0.4 is 4.72 Å². The predicted molar refractivity (Wildman–Crippen MR) is 105 cm³/mol. The largest absolute Gasteiger partial charge is 0.479 e. The quantitative estimate of drug-likeness (QED) is 0.121. The number of aliphatic hydroxyl groups is 2. The van der Waals surface area contributed by atoms with E-state index in [1.807, 2.05) is 0 Å². The van der Waals surface area contributed by atoms with E-state index in [0.29, 0.717) is 0 Å². The molecule has 35 heavy (non-hydrogen) atoms. The molecule has 2 fully saturated rings. The lowest BCUT2D eigenvalue weighted by atomic mass is 9.95. The molecule has 206 valence electrons. The van der Waals surface area contributed by atoms with Crippen LogP contribution in [0.2, 0.25) is 0 Å². The standard InChI is InChI=1S/C13H23NO18S3/c1-4-9(32-35(25,26)27)8(16)10(11(29-4)12(17)18)31-13-7(14-33(19,20)21)6(15)2-5(30-13)3-28-34(22,23)24/h4-11,13-16H,2-3H2,1H3,(H,17,18)(H,19,20,21)(H,22,23,24)(H,25,26,27)/t4?,5?,6-,7?,8+,9?,10+,11?,13-/m0/s1. The zero-order valence-electron chi connectivity index (χ0n) is 17.4. The fourth-order valence-corrected chi connectivity index (χ4v) is 4.92. The van der Waals surface area contributed by atoms with Crippen molar-refractivity contribution in [3.63, 3.8) is 0 Å². The van der Waals surface area contributed by atoms with Crippen molar-refractivity contribution in [2.45, 2.75) is 68.4 Å². The van der Waals surface area contributed by atoms with E-state index in [1.54, 1.807) is 0 Å². The summed E-state index contributed by atoms with van der Waals surface area (Å²) in [6.07, 6.45) is -15.7. The van der Waals surface area contributed by atoms with Crippen LogP contribution in [-0.2, 0) is 58.5 Å². The van der Waals surface area contributed by atoms with Crippen LogP contribution in [0.25, 0.3) is 0 Å². The van der Waals surface area contributed by atoms with Crippen LogP contribution in [0.15, 0.2) is 0 Å². The topological polar surface area (TPSA) is 299 Å². The summed E-state index contributed by atoms with van der Waals surface area (Å²) in [6, 6.07) is -1.89. The monoisotopic (exact) mass is 577 g/mol. The number of ether oxygens (including phenoxy) is 3. The maximum absolute atomic E-state index is 11.7. The minimum atomic E-state index is -5.19. The second kappa shape index (κ2) is 11.1. The molecule has 7 N–H and O–H groups in total. The molecule has 0 bridgehead atoms. The van der Waals surface area contributed by atoms with Gasteiger partial charge in [-0.25, -0.2) is 13.2 Å². The third-order valence-electron chi connectivity index (χ3n) is 4.79. The highest BCUT2D eigenvalue weighted by molar-refractivity contribution is 7.83. The molecule has 0 aromatic heterocycles. The van der Waals surface area contributed by atoms with Gasteiger partial charge in [-0.15, -0.1) is 0 Å². The van der Waals surface area contributed by atoms with E-state index in [9.17, 15) is 45.4 Å². The van der Waals surface area contributed by atoms with Gasteiger partial charge in [0, 0.05) is 6.42 Å². The van der Waals surface area contributed by atoms with Crippen molar-refractivity contribution in [2.75, 3.05) is 6.61 Å². The van der Waals surface area contributed by atoms with Crippen molar-refractivity contribution in [1.29, 1.82) is 0 Å². The molecule has 0 aliphatic carbocycles. The Morgan fingerprint density at radius 1 is 1.00 bits per heavy atom. The number of hydrogen-bond donors (Lipinski definition) is 7. The summed E-state index contributed by atoms with van der Waals surface area (Å²) in [6.45, 7) is 0.156. The van der Waals surface area contributed by atoms with Crippen molar-refractivity contribution >= 4 is 37.1 Å². The summed E-state index contributed by atoms with van der Waals surface area (Å²) < 4.78 is 119. The Balaban J connectivity index is 2.38. The number of hydrogen-bond acceptors (Lipinski definition) is 14. The first kappa shape index (κ1) is 30.1. The van der Waals surface area contributed by atoms with Crippen LogP contribution in [0, 0.1) is 0 Å². The van der Waals surface area contributed by atoms with Crippen molar-refractivity contribution in [3.05, 3.63) is 0 Å². The number of aliphatic carboxylic acids is 1. The van der Waals surface area contributed by atoms with Crippen molar-refractivity contribution in [3.8, 4) is 0 Å². The van der Waals surface area contributed by atoms with Crippen molar-refractivity contribution < 1.29 is 81.6 Å². The first-order valence-electron chi connectivity index (χ1n) is 9.35. The van der Waals surface area contributed by atoms with Crippen LogP contribution in [0.4, 0.5) is 0 Å². The lowest BCUT2D eigenvalue weighted by Gasteiger charge is -2.45. The molecule has 2 aliphatic heterocycles. The molecule has 19 nitrogen and oxygen atoms in total. The van der Waals surface area contributed by atoms with Gasteiger partial charge in [-0.3, -0.25) is 13.7 Å². The summed E-state index contributed by atoms with van der Waals surface area (Å²) in [7, 11) is -15.2. The fraction of sp³-hybridized carbons (Fsp3) is 0.923. The average Bonchev–Trinajstić information content (AvgIpc) is 2.65. The second-order valence-corrected chi connectivity index (χ2v) is 10.8. The summed E-state index contributed by atoms with van der Waals surface area (Å²) in [5.41, 5.74) is 0. The Morgan fingerprint density at radius 3 is 2.09 bits per heavy atom. The summed E-state index contributed by atoms with van der Waals surface area (Å²) in [5, 5.41) is 30.3. The molecule has 2 aliphatic rings. The zero-order valence-corrected chi connectivity index (χ0v) is 19.9. The number of rotatable bonds is 10. The number of aliphatic hydroxyl groups excluding tert-OH is 2. The van der Waals surface area contributed by atoms with E-state index in [1.165, 1.54) is 4.72 Å². The van der Waals surface area contributed by atoms with E-state index in [0.717, 1.165) is 6.92 Å². The Morgan fingerprint density at radius 2 is 1.60 bits per heavy atom. The van der Waals surface area contributed by atoms with Gasteiger partial charge in [-0.2, -0.15) is 30.0 Å². The van der Waals surface area contributed by atoms with Crippen molar-refractivity contribution in [1.82, 2.24) is 4.72 Å². The van der Waals surface area contributed by atoms with Gasteiger partial charge in [0.25, 0.3) is 0 Å². The highest BCUT2D eigenvalue weighted by Crippen LogP contribution is 2.31. The Bertz CT molecular complexity index is 1070. The normalized spacial score (nSPS) is 37.1. The molecule has 0 amide bonds. The highest BCUT2D eigenvalue weighted by Gasteiger charge is 2.52. The lowest BCUT2D eigenvalue weighted by molar-refractivity contribution is -0.299. The summed E-state index contributed by atoms with van der Waals surface area (Å²) in [4.78, 5) is 11.7. The molecule has 9 atom stereocenters. The third-order valence-corrected chi connectivity index (χ3v) is 6.26. The molecule has 2 rings (SSSR count). The molecule has 0 aromatic carbocycles. The molecule has 5 unspecified atom stereocenters. The molecule has 0 spiro atoms. The summed E-state index contributed by atoms with van der Waals surface area (Å²) >= 11 is 0. The fourth-order valence-electron chi connectivity index (χ4n) is 3.43. The van der Waals surface area contributed by atoms with Gasteiger partial charge in [0.05, 0.1) is 24.9 Å². The van der Waals surface area contributed by atoms with Gasteiger partial charge < -0.3 is 29.5 Å². The highest BCUT2D eigenvalue weighted by atomic mass is 32.3. The average molecular weight is 578 g/mol. The molecule has 2 heterocycles. The molecular formula is C13H23NO18S3. The van der Waals surface area contributed by atoms with Gasteiger partial charge in [0.1, 0.15) is 24.4 Å². The Kier molecular flexibility index (Phi) is 9.54. The van der Waals surface area contributed by atoms with Crippen LogP contribution >= 0.6 is 0 Å². The number of carboxylic acid groups (broad SMARTS) is 1. The third kappa shape index (κ3) is 9.04. The number of carbonyl (C=O) groups is 1. The molecule has 0 saturated carbocycles. The second-order valence-electron chi connectivity index (χ2n) is 7.44. The summed E-state index contributed by atoms with van der Waals surface area (Å²) in [5.74, 6) is -1.76. The van der Waals surface area contributed by atoms with E-state index in [-0.39, 0.29) is 0 Å². The molecule has 2 saturated heterocycles. The maximum Gasteiger partial charge on any atom is 0.397 e. The van der Waals surface area contributed by atoms with Crippen molar-refractivity contribution in [2.24, 2.45) is 0 Å². The van der Waals surface area contributed by atoms with Crippen LogP contribution in [0.5, 0.6) is 0 Å². The van der Waals surface area contributed by atoms with E-state index < -0.39 is 105 Å². The van der Waals surface area contributed by atoms with Crippen LogP contribution in [0.3, 0.4) is 0 Å². The van der Waals surface area contributed by atoms with Gasteiger partial charge in [-0.1, -0.05) is 0 Å². The molecule has 0 aromatic rings. The van der Waals surface area contributed by atoms with Crippen LogP contribution in [-0.4, -0.2) is 122 Å². The Labute approximate surface area is 198 Å². The zero-order chi connectivity index (χ0) is 26.9. The minimum Gasteiger partial charge on any atom is -0.479 e. The van der Waals surface area contributed by atoms with Gasteiger partial charge in [0.2, 0.25) is 0 Å². The minimum absolute atomic E-state index is 0.555.